The number of ether oxygens (including phenoxy) is 1. The van der Waals surface area contributed by atoms with Gasteiger partial charge >= 0.3 is 5.97 Å². The van der Waals surface area contributed by atoms with Gasteiger partial charge in [0.25, 0.3) is 0 Å². The maximum atomic E-state index is 11.0. The van der Waals surface area contributed by atoms with Gasteiger partial charge in [0.15, 0.2) is 0 Å². The van der Waals surface area contributed by atoms with E-state index in [1.54, 1.807) is 13.2 Å². The number of methoxy groups -OCH3 is 1. The number of aromatic carboxylic acids is 1. The summed E-state index contributed by atoms with van der Waals surface area (Å²) in [7, 11) is 1.60. The minimum atomic E-state index is -1.02. The van der Waals surface area contributed by atoms with Crippen LogP contribution in [0.4, 0.5) is 5.69 Å². The Morgan fingerprint density at radius 1 is 1.29 bits per heavy atom. The summed E-state index contributed by atoms with van der Waals surface area (Å²) in [6.45, 7) is 2.04. The molecule has 0 saturated heterocycles. The molecule has 0 bridgehead atoms. The van der Waals surface area contributed by atoms with E-state index < -0.39 is 5.97 Å². The zero-order valence-corrected chi connectivity index (χ0v) is 14.3. The van der Waals surface area contributed by atoms with E-state index in [2.05, 4.69) is 5.32 Å². The molecule has 0 amide bonds. The summed E-state index contributed by atoms with van der Waals surface area (Å²) < 4.78 is 5.40. The average Bonchev–Trinajstić information content (AvgIpc) is 2.56. The molecule has 5 nitrogen and oxygen atoms in total. The molecular weight excluding hydrogens is 330 g/mol. The molecule has 0 heterocycles. The van der Waals surface area contributed by atoms with Crippen LogP contribution in [-0.4, -0.2) is 29.9 Å². The topological polar surface area (TPSA) is 78.8 Å². The number of carboxylic acid groups (broad SMARTS) is 1. The molecule has 0 saturated carbocycles. The van der Waals surface area contributed by atoms with Crippen LogP contribution in [0.1, 0.15) is 34.5 Å². The second-order valence-corrected chi connectivity index (χ2v) is 5.82. The molecular formula is C18H20ClNO4. The van der Waals surface area contributed by atoms with Gasteiger partial charge in [-0.1, -0.05) is 17.7 Å². The van der Waals surface area contributed by atoms with Crippen molar-refractivity contribution in [1.29, 1.82) is 0 Å². The maximum absolute atomic E-state index is 11.0. The van der Waals surface area contributed by atoms with Crippen molar-refractivity contribution >= 4 is 23.3 Å². The van der Waals surface area contributed by atoms with Crippen LogP contribution in [0.25, 0.3) is 0 Å². The van der Waals surface area contributed by atoms with Crippen LogP contribution < -0.4 is 10.1 Å². The van der Waals surface area contributed by atoms with E-state index in [9.17, 15) is 4.79 Å². The van der Waals surface area contributed by atoms with Gasteiger partial charge in [0, 0.05) is 12.2 Å². The Hall–Kier alpha value is -2.24. The van der Waals surface area contributed by atoms with E-state index in [1.807, 2.05) is 25.1 Å². The SMILES string of the molecule is COc1ccc(CCO)cc1[C@H](C)Nc1ccc(C(=O)O)cc1Cl. The predicted octanol–water partition coefficient (Wildman–Crippen LogP) is 3.75. The lowest BCUT2D eigenvalue weighted by Crippen LogP contribution is -2.10. The fraction of sp³-hybridized carbons (Fsp3) is 0.278. The van der Waals surface area contributed by atoms with E-state index in [1.165, 1.54) is 12.1 Å². The molecule has 0 aromatic heterocycles. The van der Waals surface area contributed by atoms with Crippen molar-refractivity contribution in [2.24, 2.45) is 0 Å². The van der Waals surface area contributed by atoms with E-state index in [0.717, 1.165) is 16.9 Å². The lowest BCUT2D eigenvalue weighted by atomic mass is 10.0. The first-order chi connectivity index (χ1) is 11.5. The van der Waals surface area contributed by atoms with Crippen molar-refractivity contribution in [3.05, 3.63) is 58.1 Å². The molecule has 3 N–H and O–H groups in total. The Morgan fingerprint density at radius 3 is 2.62 bits per heavy atom. The van der Waals surface area contributed by atoms with Gasteiger partial charge in [0.2, 0.25) is 0 Å². The van der Waals surface area contributed by atoms with E-state index in [4.69, 9.17) is 26.6 Å². The first kappa shape index (κ1) is 18.1. The van der Waals surface area contributed by atoms with Gasteiger partial charge in [-0.25, -0.2) is 4.79 Å². The normalized spacial score (nSPS) is 11.8. The standard InChI is InChI=1S/C18H20ClNO4/c1-11(14-9-12(7-8-21)3-6-17(14)24-2)20-16-5-4-13(18(22)23)10-15(16)19/h3-6,9-11,20-21H,7-8H2,1-2H3,(H,22,23)/t11-/m0/s1. The summed E-state index contributed by atoms with van der Waals surface area (Å²) in [6.07, 6.45) is 0.567. The monoisotopic (exact) mass is 349 g/mol. The molecule has 2 aromatic rings. The Morgan fingerprint density at radius 2 is 2.04 bits per heavy atom. The highest BCUT2D eigenvalue weighted by Gasteiger charge is 2.14. The summed E-state index contributed by atoms with van der Waals surface area (Å²) in [5, 5.41) is 21.7. The fourth-order valence-corrected chi connectivity index (χ4v) is 2.72. The number of carboxylic acids is 1. The molecule has 1 atom stereocenters. The van der Waals surface area contributed by atoms with Gasteiger partial charge in [-0.15, -0.1) is 0 Å². The first-order valence-corrected chi connectivity index (χ1v) is 7.91. The van der Waals surface area contributed by atoms with Crippen molar-refractivity contribution in [3.63, 3.8) is 0 Å². The molecule has 0 unspecified atom stereocenters. The second kappa shape index (κ2) is 8.04. The van der Waals surface area contributed by atoms with Crippen LogP contribution in [-0.2, 0) is 6.42 Å². The Balaban J connectivity index is 2.27. The van der Waals surface area contributed by atoms with Crippen molar-refractivity contribution in [3.8, 4) is 5.75 Å². The summed E-state index contributed by atoms with van der Waals surface area (Å²) in [4.78, 5) is 11.0. The second-order valence-electron chi connectivity index (χ2n) is 5.42. The number of benzene rings is 2. The highest BCUT2D eigenvalue weighted by Crippen LogP contribution is 2.32. The number of rotatable bonds is 7. The van der Waals surface area contributed by atoms with Crippen LogP contribution in [0.5, 0.6) is 5.75 Å². The third kappa shape index (κ3) is 4.19. The van der Waals surface area contributed by atoms with Gasteiger partial charge in [0.1, 0.15) is 5.75 Å². The number of hydrogen-bond acceptors (Lipinski definition) is 4. The number of carbonyl (C=O) groups is 1. The van der Waals surface area contributed by atoms with Crippen molar-refractivity contribution in [2.45, 2.75) is 19.4 Å². The zero-order chi connectivity index (χ0) is 17.7. The van der Waals surface area contributed by atoms with Gasteiger partial charge in [-0.05, 0) is 49.2 Å². The number of aliphatic hydroxyl groups is 1. The third-order valence-corrected chi connectivity index (χ3v) is 4.06. The minimum Gasteiger partial charge on any atom is -0.496 e. The van der Waals surface area contributed by atoms with Crippen LogP contribution in [0.2, 0.25) is 5.02 Å². The van der Waals surface area contributed by atoms with Gasteiger partial charge < -0.3 is 20.3 Å². The Labute approximate surface area is 145 Å². The van der Waals surface area contributed by atoms with Gasteiger partial charge in [0.05, 0.1) is 29.4 Å². The zero-order valence-electron chi connectivity index (χ0n) is 13.5. The maximum Gasteiger partial charge on any atom is 0.335 e. The molecule has 2 rings (SSSR count). The fourth-order valence-electron chi connectivity index (χ4n) is 2.48. The van der Waals surface area contributed by atoms with Crippen molar-refractivity contribution in [1.82, 2.24) is 0 Å². The first-order valence-electron chi connectivity index (χ1n) is 7.53. The van der Waals surface area contributed by atoms with Gasteiger partial charge in [-0.3, -0.25) is 0 Å². The molecule has 0 fully saturated rings. The predicted molar refractivity (Wildman–Crippen MR) is 94.2 cm³/mol. The lowest BCUT2D eigenvalue weighted by molar-refractivity contribution is 0.0697. The molecule has 0 spiro atoms. The molecule has 0 radical (unpaired) electrons. The van der Waals surface area contributed by atoms with E-state index in [0.29, 0.717) is 17.1 Å². The summed E-state index contributed by atoms with van der Waals surface area (Å²) in [5.74, 6) is -0.287. The Bertz CT molecular complexity index is 733. The van der Waals surface area contributed by atoms with Crippen molar-refractivity contribution in [2.75, 3.05) is 19.0 Å². The van der Waals surface area contributed by atoms with Crippen LogP contribution in [0.3, 0.4) is 0 Å². The average molecular weight is 350 g/mol. The highest BCUT2D eigenvalue weighted by atomic mass is 35.5. The molecule has 6 heteroatoms. The number of aliphatic hydroxyl groups excluding tert-OH is 1. The van der Waals surface area contributed by atoms with Crippen LogP contribution >= 0.6 is 11.6 Å². The molecule has 0 aliphatic heterocycles. The number of hydrogen-bond donors (Lipinski definition) is 3. The molecule has 128 valence electrons. The molecule has 2 aromatic carbocycles. The Kier molecular flexibility index (Phi) is 6.06. The number of nitrogens with one attached hydrogen (secondary N) is 1. The van der Waals surface area contributed by atoms with Crippen molar-refractivity contribution < 1.29 is 19.7 Å². The minimum absolute atomic E-state index is 0.0794. The van der Waals surface area contributed by atoms with E-state index in [-0.39, 0.29) is 18.2 Å². The van der Waals surface area contributed by atoms with Crippen LogP contribution in [0.15, 0.2) is 36.4 Å². The molecule has 24 heavy (non-hydrogen) atoms. The smallest absolute Gasteiger partial charge is 0.335 e. The summed E-state index contributed by atoms with van der Waals surface area (Å²) in [6, 6.07) is 10.2. The number of anilines is 1. The van der Waals surface area contributed by atoms with Crippen LogP contribution in [0, 0.1) is 0 Å². The number of halogens is 1. The molecule has 0 aliphatic carbocycles. The van der Waals surface area contributed by atoms with Gasteiger partial charge in [-0.2, -0.15) is 0 Å². The summed E-state index contributed by atoms with van der Waals surface area (Å²) >= 11 is 6.17. The third-order valence-electron chi connectivity index (χ3n) is 3.75. The largest absolute Gasteiger partial charge is 0.496 e. The highest BCUT2D eigenvalue weighted by molar-refractivity contribution is 6.33. The summed E-state index contributed by atoms with van der Waals surface area (Å²) in [5.41, 5.74) is 2.72. The van der Waals surface area contributed by atoms with E-state index >= 15 is 0 Å². The molecule has 0 aliphatic rings. The quantitative estimate of drug-likeness (QED) is 0.709. The lowest BCUT2D eigenvalue weighted by Gasteiger charge is -2.20.